The van der Waals surface area contributed by atoms with Gasteiger partial charge in [-0.05, 0) is 24.0 Å². The van der Waals surface area contributed by atoms with Gasteiger partial charge in [0.2, 0.25) is 0 Å². The van der Waals surface area contributed by atoms with Crippen LogP contribution in [0.4, 0.5) is 5.69 Å². The summed E-state index contributed by atoms with van der Waals surface area (Å²) in [6.07, 6.45) is 0.751. The van der Waals surface area contributed by atoms with Crippen LogP contribution < -0.4 is 5.73 Å². The van der Waals surface area contributed by atoms with E-state index in [0.717, 1.165) is 6.42 Å². The molecule has 0 saturated heterocycles. The number of hydrogen-bond acceptors (Lipinski definition) is 3. The second-order valence-electron chi connectivity index (χ2n) is 4.20. The molecule has 0 amide bonds. The highest BCUT2D eigenvalue weighted by atomic mass is 35.5. The Kier molecular flexibility index (Phi) is 4.26. The van der Waals surface area contributed by atoms with Gasteiger partial charge in [0.15, 0.2) is 0 Å². The SMILES string of the molecule is CC(C)C[C@H](N)c1cc([N+](=O)[O-])ccc1Cl. The van der Waals surface area contributed by atoms with E-state index < -0.39 is 4.92 Å². The molecule has 1 rings (SSSR count). The van der Waals surface area contributed by atoms with Gasteiger partial charge in [-0.2, -0.15) is 0 Å². The third kappa shape index (κ3) is 3.18. The van der Waals surface area contributed by atoms with Crippen molar-refractivity contribution in [2.75, 3.05) is 0 Å². The van der Waals surface area contributed by atoms with Crippen molar-refractivity contribution in [1.29, 1.82) is 0 Å². The molecule has 0 aliphatic carbocycles. The van der Waals surface area contributed by atoms with Gasteiger partial charge in [-0.25, -0.2) is 0 Å². The van der Waals surface area contributed by atoms with Crippen molar-refractivity contribution < 1.29 is 4.92 Å². The lowest BCUT2D eigenvalue weighted by Crippen LogP contribution is -2.13. The van der Waals surface area contributed by atoms with Gasteiger partial charge in [0.25, 0.3) is 5.69 Å². The summed E-state index contributed by atoms with van der Waals surface area (Å²) in [5, 5.41) is 11.1. The van der Waals surface area contributed by atoms with Crippen LogP contribution in [0.15, 0.2) is 18.2 Å². The molecule has 1 aromatic carbocycles. The van der Waals surface area contributed by atoms with Crippen molar-refractivity contribution >= 4 is 17.3 Å². The largest absolute Gasteiger partial charge is 0.324 e. The topological polar surface area (TPSA) is 69.2 Å². The second kappa shape index (κ2) is 5.27. The zero-order valence-electron chi connectivity index (χ0n) is 9.31. The second-order valence-corrected chi connectivity index (χ2v) is 4.61. The number of hydrogen-bond donors (Lipinski definition) is 1. The van der Waals surface area contributed by atoms with E-state index in [0.29, 0.717) is 16.5 Å². The first kappa shape index (κ1) is 12.9. The van der Waals surface area contributed by atoms with Crippen LogP contribution in [-0.2, 0) is 0 Å². The maximum absolute atomic E-state index is 10.6. The van der Waals surface area contributed by atoms with Gasteiger partial charge in [-0.15, -0.1) is 0 Å². The molecule has 0 radical (unpaired) electrons. The lowest BCUT2D eigenvalue weighted by atomic mass is 9.97. The maximum atomic E-state index is 10.6. The monoisotopic (exact) mass is 242 g/mol. The average molecular weight is 243 g/mol. The molecule has 1 aromatic rings. The Labute approximate surface area is 99.6 Å². The molecule has 0 heterocycles. The fourth-order valence-corrected chi connectivity index (χ4v) is 1.82. The number of nitrogens with zero attached hydrogens (tertiary/aromatic N) is 1. The van der Waals surface area contributed by atoms with E-state index in [1.54, 1.807) is 0 Å². The summed E-state index contributed by atoms with van der Waals surface area (Å²) in [5.41, 5.74) is 6.63. The van der Waals surface area contributed by atoms with Gasteiger partial charge in [-0.3, -0.25) is 10.1 Å². The van der Waals surface area contributed by atoms with Crippen molar-refractivity contribution in [3.8, 4) is 0 Å². The zero-order valence-corrected chi connectivity index (χ0v) is 10.1. The molecule has 0 aromatic heterocycles. The van der Waals surface area contributed by atoms with E-state index in [9.17, 15) is 10.1 Å². The fraction of sp³-hybridized carbons (Fsp3) is 0.455. The highest BCUT2D eigenvalue weighted by Gasteiger charge is 2.16. The summed E-state index contributed by atoms with van der Waals surface area (Å²) < 4.78 is 0. The summed E-state index contributed by atoms with van der Waals surface area (Å²) in [6, 6.07) is 4.10. The summed E-state index contributed by atoms with van der Waals surface area (Å²) in [4.78, 5) is 10.2. The Balaban J connectivity index is 3.02. The average Bonchev–Trinajstić information content (AvgIpc) is 2.16. The molecule has 0 aliphatic rings. The first-order valence-corrected chi connectivity index (χ1v) is 5.49. The van der Waals surface area contributed by atoms with Crippen molar-refractivity contribution in [1.82, 2.24) is 0 Å². The van der Waals surface area contributed by atoms with Crippen molar-refractivity contribution in [2.45, 2.75) is 26.3 Å². The number of nitro benzene ring substituents is 1. The minimum Gasteiger partial charge on any atom is -0.324 e. The molecule has 0 spiro atoms. The molecule has 1 atom stereocenters. The Morgan fingerprint density at radius 3 is 2.62 bits per heavy atom. The van der Waals surface area contributed by atoms with Crippen LogP contribution in [0.1, 0.15) is 31.9 Å². The molecule has 4 nitrogen and oxygen atoms in total. The summed E-state index contributed by atoms with van der Waals surface area (Å²) >= 11 is 5.98. The first-order valence-electron chi connectivity index (χ1n) is 5.11. The predicted octanol–water partition coefficient (Wildman–Crippen LogP) is 3.29. The lowest BCUT2D eigenvalue weighted by molar-refractivity contribution is -0.384. The van der Waals surface area contributed by atoms with Crippen LogP contribution in [-0.4, -0.2) is 4.92 Å². The third-order valence-corrected chi connectivity index (χ3v) is 2.66. The summed E-state index contributed by atoms with van der Waals surface area (Å²) in [7, 11) is 0. The highest BCUT2D eigenvalue weighted by molar-refractivity contribution is 6.31. The van der Waals surface area contributed by atoms with Gasteiger partial charge < -0.3 is 5.73 Å². The minimum atomic E-state index is -0.443. The number of rotatable bonds is 4. The molecule has 0 bridgehead atoms. The molecule has 0 unspecified atom stereocenters. The lowest BCUT2D eigenvalue weighted by Gasteiger charge is -2.15. The number of non-ortho nitro benzene ring substituents is 1. The van der Waals surface area contributed by atoms with Gasteiger partial charge in [-0.1, -0.05) is 25.4 Å². The molecule has 0 fully saturated rings. The Hall–Kier alpha value is -1.13. The van der Waals surface area contributed by atoms with Crippen molar-refractivity contribution in [3.05, 3.63) is 38.9 Å². The zero-order chi connectivity index (χ0) is 12.3. The Morgan fingerprint density at radius 1 is 1.50 bits per heavy atom. The Morgan fingerprint density at radius 2 is 2.12 bits per heavy atom. The van der Waals surface area contributed by atoms with Gasteiger partial charge >= 0.3 is 0 Å². The van der Waals surface area contributed by atoms with Crippen LogP contribution in [0.25, 0.3) is 0 Å². The van der Waals surface area contributed by atoms with E-state index in [4.69, 9.17) is 17.3 Å². The molecule has 5 heteroatoms. The predicted molar refractivity (Wildman–Crippen MR) is 64.5 cm³/mol. The van der Waals surface area contributed by atoms with E-state index in [1.165, 1.54) is 18.2 Å². The van der Waals surface area contributed by atoms with Gasteiger partial charge in [0, 0.05) is 23.2 Å². The van der Waals surface area contributed by atoms with E-state index in [1.807, 2.05) is 13.8 Å². The number of nitrogens with two attached hydrogens (primary N) is 1. The molecule has 2 N–H and O–H groups in total. The number of benzene rings is 1. The molecule has 88 valence electrons. The number of halogens is 1. The minimum absolute atomic E-state index is 0.0265. The smallest absolute Gasteiger partial charge is 0.269 e. The van der Waals surface area contributed by atoms with Crippen molar-refractivity contribution in [3.63, 3.8) is 0 Å². The molecule has 0 aliphatic heterocycles. The van der Waals surface area contributed by atoms with Gasteiger partial charge in [0.05, 0.1) is 4.92 Å². The van der Waals surface area contributed by atoms with Crippen molar-refractivity contribution in [2.24, 2.45) is 11.7 Å². The van der Waals surface area contributed by atoms with Crippen LogP contribution in [0.2, 0.25) is 5.02 Å². The van der Waals surface area contributed by atoms with E-state index in [2.05, 4.69) is 0 Å². The van der Waals surface area contributed by atoms with Crippen LogP contribution in [0.3, 0.4) is 0 Å². The maximum Gasteiger partial charge on any atom is 0.269 e. The van der Waals surface area contributed by atoms with E-state index in [-0.39, 0.29) is 11.7 Å². The highest BCUT2D eigenvalue weighted by Crippen LogP contribution is 2.29. The summed E-state index contributed by atoms with van der Waals surface area (Å²) in [5.74, 6) is 0.422. The normalized spacial score (nSPS) is 12.8. The summed E-state index contributed by atoms with van der Waals surface area (Å²) in [6.45, 7) is 4.09. The Bertz CT molecular complexity index is 394. The molecule has 0 saturated carbocycles. The van der Waals surface area contributed by atoms with E-state index >= 15 is 0 Å². The molecule has 16 heavy (non-hydrogen) atoms. The fourth-order valence-electron chi connectivity index (χ4n) is 1.56. The van der Waals surface area contributed by atoms with Gasteiger partial charge in [0.1, 0.15) is 0 Å². The molecular weight excluding hydrogens is 228 g/mol. The molecular formula is C11H15ClN2O2. The van der Waals surface area contributed by atoms with Crippen LogP contribution >= 0.6 is 11.6 Å². The first-order chi connectivity index (χ1) is 7.41. The standard InChI is InChI=1S/C11H15ClN2O2/c1-7(2)5-11(13)9-6-8(14(15)16)3-4-10(9)12/h3-4,6-7,11H,5,13H2,1-2H3/t11-/m0/s1. The third-order valence-electron chi connectivity index (χ3n) is 2.32. The van der Waals surface area contributed by atoms with Crippen LogP contribution in [0, 0.1) is 16.0 Å². The number of nitro groups is 1. The van der Waals surface area contributed by atoms with Crippen LogP contribution in [0.5, 0.6) is 0 Å². The quantitative estimate of drug-likeness (QED) is 0.651.